The molecule has 1 aromatic carbocycles. The third kappa shape index (κ3) is 4.44. The predicted octanol–water partition coefficient (Wildman–Crippen LogP) is 0.857. The van der Waals surface area contributed by atoms with Crippen molar-refractivity contribution in [2.45, 2.75) is 6.54 Å². The van der Waals surface area contributed by atoms with Gasteiger partial charge in [0.15, 0.2) is 6.61 Å². The third-order valence-corrected chi connectivity index (χ3v) is 3.04. The average molecular weight is 316 g/mol. The normalized spacial score (nSPS) is 9.96. The Morgan fingerprint density at radius 1 is 1.17 bits per heavy atom. The molecule has 1 heterocycles. The van der Waals surface area contributed by atoms with Gasteiger partial charge in [0.1, 0.15) is 11.3 Å². The van der Waals surface area contributed by atoms with Gasteiger partial charge in [-0.3, -0.25) is 9.59 Å². The summed E-state index contributed by atoms with van der Waals surface area (Å²) in [5.41, 5.74) is 0.0890. The second-order valence-corrected chi connectivity index (χ2v) is 4.58. The monoisotopic (exact) mass is 316 g/mol. The molecule has 7 heteroatoms. The van der Waals surface area contributed by atoms with Gasteiger partial charge in [-0.1, -0.05) is 18.2 Å². The summed E-state index contributed by atoms with van der Waals surface area (Å²) in [5, 5.41) is 2.61. The number of ether oxygens (including phenoxy) is 2. The van der Waals surface area contributed by atoms with Gasteiger partial charge in [-0.2, -0.15) is 0 Å². The topological polar surface area (TPSA) is 97.5 Å². The van der Waals surface area contributed by atoms with Crippen molar-refractivity contribution < 1.29 is 19.1 Å². The Morgan fingerprint density at radius 2 is 1.96 bits per heavy atom. The minimum Gasteiger partial charge on any atom is -0.496 e. The van der Waals surface area contributed by atoms with E-state index in [-0.39, 0.29) is 12.1 Å². The molecule has 1 aromatic heterocycles. The minimum absolute atomic E-state index is 0.148. The zero-order valence-corrected chi connectivity index (χ0v) is 12.5. The van der Waals surface area contributed by atoms with E-state index >= 15 is 0 Å². The quantitative estimate of drug-likeness (QED) is 0.770. The number of hydrogen-bond donors (Lipinski definition) is 2. The van der Waals surface area contributed by atoms with E-state index in [1.165, 1.54) is 18.3 Å². The Kier molecular flexibility index (Phi) is 5.51. The lowest BCUT2D eigenvalue weighted by molar-refractivity contribution is -0.124. The van der Waals surface area contributed by atoms with Crippen LogP contribution in [0.15, 0.2) is 47.4 Å². The number of hydrogen-bond acceptors (Lipinski definition) is 5. The fourth-order valence-electron chi connectivity index (χ4n) is 1.89. The standard InChI is InChI=1S/C16H16N2O5/c1-22-13-7-3-2-5-11(13)9-18-14(19)10-23-16(21)12-6-4-8-17-15(12)20/h2-8H,9-10H2,1H3,(H,17,20)(H,18,19). The number of para-hydroxylation sites is 1. The van der Waals surface area contributed by atoms with Crippen molar-refractivity contribution in [1.82, 2.24) is 10.3 Å². The highest BCUT2D eigenvalue weighted by atomic mass is 16.5. The molecule has 0 aliphatic heterocycles. The van der Waals surface area contributed by atoms with Crippen LogP contribution < -0.4 is 15.6 Å². The molecule has 0 fully saturated rings. The molecular formula is C16H16N2O5. The molecule has 2 N–H and O–H groups in total. The van der Waals surface area contributed by atoms with Crippen LogP contribution in [0.5, 0.6) is 5.75 Å². The number of amides is 1. The van der Waals surface area contributed by atoms with Crippen LogP contribution in [0.25, 0.3) is 0 Å². The van der Waals surface area contributed by atoms with E-state index in [1.54, 1.807) is 13.2 Å². The number of pyridine rings is 1. The summed E-state index contributed by atoms with van der Waals surface area (Å²) >= 11 is 0. The number of aromatic nitrogens is 1. The van der Waals surface area contributed by atoms with Crippen LogP contribution in [0.4, 0.5) is 0 Å². The predicted molar refractivity (Wildman–Crippen MR) is 82.2 cm³/mol. The maximum atomic E-state index is 11.7. The number of rotatable bonds is 6. The largest absolute Gasteiger partial charge is 0.496 e. The summed E-state index contributed by atoms with van der Waals surface area (Å²) in [5.74, 6) is -0.670. The number of carbonyl (C=O) groups is 2. The summed E-state index contributed by atoms with van der Waals surface area (Å²) in [6, 6.07) is 10.1. The van der Waals surface area contributed by atoms with Gasteiger partial charge in [0.25, 0.3) is 11.5 Å². The molecule has 0 saturated carbocycles. The second kappa shape index (κ2) is 7.79. The average Bonchev–Trinajstić information content (AvgIpc) is 2.58. The summed E-state index contributed by atoms with van der Waals surface area (Å²) < 4.78 is 9.99. The first-order valence-corrected chi connectivity index (χ1v) is 6.85. The lowest BCUT2D eigenvalue weighted by atomic mass is 10.2. The first-order valence-electron chi connectivity index (χ1n) is 6.85. The third-order valence-electron chi connectivity index (χ3n) is 3.04. The Labute approximate surface area is 132 Å². The molecule has 0 unspecified atom stereocenters. The fourth-order valence-corrected chi connectivity index (χ4v) is 1.89. The van der Waals surface area contributed by atoms with Crippen molar-refractivity contribution >= 4 is 11.9 Å². The molecule has 0 radical (unpaired) electrons. The van der Waals surface area contributed by atoms with Crippen LogP contribution in [0.1, 0.15) is 15.9 Å². The fraction of sp³-hybridized carbons (Fsp3) is 0.188. The SMILES string of the molecule is COc1ccccc1CNC(=O)COC(=O)c1ccc[nH]c1=O. The van der Waals surface area contributed by atoms with E-state index in [2.05, 4.69) is 10.3 Å². The molecule has 0 saturated heterocycles. The number of H-pyrrole nitrogens is 1. The second-order valence-electron chi connectivity index (χ2n) is 4.58. The van der Waals surface area contributed by atoms with E-state index in [9.17, 15) is 14.4 Å². The van der Waals surface area contributed by atoms with Gasteiger partial charge in [-0.25, -0.2) is 4.79 Å². The van der Waals surface area contributed by atoms with Crippen molar-refractivity contribution in [3.8, 4) is 5.75 Å². The van der Waals surface area contributed by atoms with E-state index in [0.29, 0.717) is 5.75 Å². The lowest BCUT2D eigenvalue weighted by Gasteiger charge is -2.09. The Bertz CT molecular complexity index is 754. The van der Waals surface area contributed by atoms with Gasteiger partial charge in [0.05, 0.1) is 7.11 Å². The van der Waals surface area contributed by atoms with Crippen LogP contribution in [0.3, 0.4) is 0 Å². The smallest absolute Gasteiger partial charge is 0.344 e. The molecule has 2 rings (SSSR count). The van der Waals surface area contributed by atoms with Crippen LogP contribution in [-0.4, -0.2) is 30.6 Å². The van der Waals surface area contributed by atoms with Crippen LogP contribution in [0, 0.1) is 0 Å². The maximum absolute atomic E-state index is 11.7. The van der Waals surface area contributed by atoms with Crippen molar-refractivity contribution in [3.05, 3.63) is 64.1 Å². The van der Waals surface area contributed by atoms with Gasteiger partial charge >= 0.3 is 5.97 Å². The molecule has 0 atom stereocenters. The minimum atomic E-state index is -0.848. The molecule has 7 nitrogen and oxygen atoms in total. The molecular weight excluding hydrogens is 300 g/mol. The van der Waals surface area contributed by atoms with Gasteiger partial charge in [0.2, 0.25) is 0 Å². The summed E-state index contributed by atoms with van der Waals surface area (Å²) in [7, 11) is 1.54. The highest BCUT2D eigenvalue weighted by Gasteiger charge is 2.13. The van der Waals surface area contributed by atoms with Crippen LogP contribution in [0.2, 0.25) is 0 Å². The highest BCUT2D eigenvalue weighted by molar-refractivity contribution is 5.90. The molecule has 23 heavy (non-hydrogen) atoms. The van der Waals surface area contributed by atoms with E-state index in [0.717, 1.165) is 5.56 Å². The van der Waals surface area contributed by atoms with Crippen LogP contribution in [-0.2, 0) is 16.1 Å². The van der Waals surface area contributed by atoms with Crippen molar-refractivity contribution in [1.29, 1.82) is 0 Å². The number of carbonyl (C=O) groups excluding carboxylic acids is 2. The Hall–Kier alpha value is -3.09. The molecule has 0 aliphatic rings. The van der Waals surface area contributed by atoms with Crippen molar-refractivity contribution in [2.75, 3.05) is 13.7 Å². The summed E-state index contributed by atoms with van der Waals surface area (Å²) in [6.07, 6.45) is 1.40. The molecule has 0 aliphatic carbocycles. The Balaban J connectivity index is 1.85. The zero-order valence-electron chi connectivity index (χ0n) is 12.5. The maximum Gasteiger partial charge on any atom is 0.344 e. The molecule has 120 valence electrons. The zero-order chi connectivity index (χ0) is 16.7. The highest BCUT2D eigenvalue weighted by Crippen LogP contribution is 2.16. The number of benzene rings is 1. The molecule has 0 bridgehead atoms. The van der Waals surface area contributed by atoms with Crippen LogP contribution >= 0.6 is 0 Å². The van der Waals surface area contributed by atoms with Gasteiger partial charge in [0, 0.05) is 18.3 Å². The molecule has 0 spiro atoms. The summed E-state index contributed by atoms with van der Waals surface area (Å²) in [6.45, 7) is -0.228. The number of esters is 1. The number of nitrogens with one attached hydrogen (secondary N) is 2. The van der Waals surface area contributed by atoms with Crippen molar-refractivity contribution in [3.63, 3.8) is 0 Å². The first kappa shape index (κ1) is 16.3. The van der Waals surface area contributed by atoms with E-state index < -0.39 is 24.0 Å². The molecule has 2 aromatic rings. The Morgan fingerprint density at radius 3 is 2.70 bits per heavy atom. The van der Waals surface area contributed by atoms with Gasteiger partial charge in [-0.15, -0.1) is 0 Å². The van der Waals surface area contributed by atoms with E-state index in [1.807, 2.05) is 18.2 Å². The van der Waals surface area contributed by atoms with Crippen molar-refractivity contribution in [2.24, 2.45) is 0 Å². The van der Waals surface area contributed by atoms with Gasteiger partial charge in [-0.05, 0) is 18.2 Å². The molecule has 1 amide bonds. The lowest BCUT2D eigenvalue weighted by Crippen LogP contribution is -2.29. The van der Waals surface area contributed by atoms with Gasteiger partial charge < -0.3 is 19.8 Å². The number of aromatic amines is 1. The number of methoxy groups -OCH3 is 1. The summed E-state index contributed by atoms with van der Waals surface area (Å²) in [4.78, 5) is 37.2. The first-order chi connectivity index (χ1) is 11.1. The van der Waals surface area contributed by atoms with E-state index in [4.69, 9.17) is 9.47 Å².